The number of carbonyl (C=O) groups excluding carboxylic acids is 1. The molecule has 130 valence electrons. The number of rotatable bonds is 4. The molecule has 0 aromatic carbocycles. The summed E-state index contributed by atoms with van der Waals surface area (Å²) < 4.78 is 1.33. The highest BCUT2D eigenvalue weighted by Crippen LogP contribution is 2.26. The van der Waals surface area contributed by atoms with Gasteiger partial charge in [-0.1, -0.05) is 5.21 Å². The Morgan fingerprint density at radius 2 is 2.11 bits per heavy atom. The van der Waals surface area contributed by atoms with Crippen molar-refractivity contribution in [2.24, 2.45) is 0 Å². The molecule has 1 N–H and O–H groups in total. The molecule has 0 unspecified atom stereocenters. The van der Waals surface area contributed by atoms with Gasteiger partial charge in [-0.25, -0.2) is 19.6 Å². The third-order valence-electron chi connectivity index (χ3n) is 3.47. The van der Waals surface area contributed by atoms with Gasteiger partial charge >= 0.3 is 0 Å². The average Bonchev–Trinajstić information content (AvgIpc) is 3.38. The third-order valence-corrected chi connectivity index (χ3v) is 4.23. The third kappa shape index (κ3) is 3.24. The van der Waals surface area contributed by atoms with Crippen LogP contribution in [0.2, 0.25) is 0 Å². The van der Waals surface area contributed by atoms with Crippen molar-refractivity contribution in [3.8, 4) is 23.1 Å². The van der Waals surface area contributed by atoms with Gasteiger partial charge in [0.2, 0.25) is 0 Å². The van der Waals surface area contributed by atoms with E-state index in [4.69, 9.17) is 0 Å². The first-order valence-electron chi connectivity index (χ1n) is 7.54. The second kappa shape index (κ2) is 7.06. The first kappa shape index (κ1) is 16.4. The van der Waals surface area contributed by atoms with Crippen LogP contribution in [0, 0.1) is 11.3 Å². The van der Waals surface area contributed by atoms with Crippen LogP contribution in [-0.4, -0.2) is 40.8 Å². The van der Waals surface area contributed by atoms with Crippen LogP contribution in [0.5, 0.6) is 0 Å². The highest BCUT2D eigenvalue weighted by molar-refractivity contribution is 7.14. The van der Waals surface area contributed by atoms with Crippen molar-refractivity contribution in [3.05, 3.63) is 59.9 Å². The molecule has 0 spiro atoms. The van der Waals surface area contributed by atoms with Gasteiger partial charge in [0.15, 0.2) is 10.8 Å². The minimum absolute atomic E-state index is 0.206. The summed E-state index contributed by atoms with van der Waals surface area (Å²) in [5.74, 6) is -0.439. The van der Waals surface area contributed by atoms with E-state index in [9.17, 15) is 10.1 Å². The van der Waals surface area contributed by atoms with Gasteiger partial charge in [0.05, 0.1) is 24.2 Å². The van der Waals surface area contributed by atoms with E-state index in [1.54, 1.807) is 23.7 Å². The zero-order valence-electron chi connectivity index (χ0n) is 13.5. The van der Waals surface area contributed by atoms with Crippen molar-refractivity contribution in [1.29, 1.82) is 5.26 Å². The summed E-state index contributed by atoms with van der Waals surface area (Å²) in [6, 6.07) is 5.41. The molecule has 0 radical (unpaired) electrons. The summed E-state index contributed by atoms with van der Waals surface area (Å²) in [5, 5.41) is 21.6. The van der Waals surface area contributed by atoms with Gasteiger partial charge in [-0.05, 0) is 12.1 Å². The Labute approximate surface area is 156 Å². The normalized spacial score (nSPS) is 10.3. The maximum absolute atomic E-state index is 12.6. The topological polar surface area (TPSA) is 135 Å². The van der Waals surface area contributed by atoms with Crippen molar-refractivity contribution in [1.82, 2.24) is 34.9 Å². The predicted octanol–water partition coefficient (Wildman–Crippen LogP) is 1.70. The highest BCUT2D eigenvalue weighted by atomic mass is 32.1. The Kier molecular flexibility index (Phi) is 4.30. The lowest BCUT2D eigenvalue weighted by Gasteiger charge is -2.04. The molecule has 10 nitrogen and oxygen atoms in total. The molecule has 0 aliphatic rings. The zero-order chi connectivity index (χ0) is 18.6. The molecule has 0 bridgehead atoms. The lowest BCUT2D eigenvalue weighted by molar-refractivity contribution is 0.101. The number of nitrogens with one attached hydrogen (secondary N) is 1. The van der Waals surface area contributed by atoms with Gasteiger partial charge in [-0.15, -0.1) is 16.4 Å². The van der Waals surface area contributed by atoms with Crippen LogP contribution in [-0.2, 0) is 0 Å². The van der Waals surface area contributed by atoms with E-state index in [0.29, 0.717) is 27.8 Å². The SMILES string of the molecule is N#Cc1cccnc1-c1csc(NC(=O)c2cnnn2-c2cncnc2)n1. The molecule has 0 saturated heterocycles. The number of hydrogen-bond donors (Lipinski definition) is 1. The predicted molar refractivity (Wildman–Crippen MR) is 95.0 cm³/mol. The quantitative estimate of drug-likeness (QED) is 0.569. The molecule has 4 aromatic rings. The van der Waals surface area contributed by atoms with Crippen LogP contribution < -0.4 is 5.32 Å². The number of aromatic nitrogens is 7. The van der Waals surface area contributed by atoms with Crippen LogP contribution in [0.3, 0.4) is 0 Å². The van der Waals surface area contributed by atoms with E-state index in [-0.39, 0.29) is 5.69 Å². The molecule has 0 aliphatic heterocycles. The first-order valence-corrected chi connectivity index (χ1v) is 8.42. The standard InChI is InChI=1S/C16H9N9OS/c17-4-10-2-1-3-20-14(10)12-8-27-16(22-12)23-15(26)13-7-21-24-25(13)11-5-18-9-19-6-11/h1-3,5-9H,(H,22,23,26). The largest absolute Gasteiger partial charge is 0.296 e. The van der Waals surface area contributed by atoms with Crippen LogP contribution in [0.25, 0.3) is 17.1 Å². The molecule has 11 heteroatoms. The number of carbonyl (C=O) groups is 1. The molecular formula is C16H9N9OS. The van der Waals surface area contributed by atoms with Crippen LogP contribution in [0.15, 0.2) is 48.6 Å². The highest BCUT2D eigenvalue weighted by Gasteiger charge is 2.17. The molecule has 4 aromatic heterocycles. The summed E-state index contributed by atoms with van der Waals surface area (Å²) in [6.07, 6.45) is 7.34. The van der Waals surface area contributed by atoms with E-state index >= 15 is 0 Å². The summed E-state index contributed by atoms with van der Waals surface area (Å²) in [7, 11) is 0. The van der Waals surface area contributed by atoms with Crippen LogP contribution in [0.1, 0.15) is 16.1 Å². The van der Waals surface area contributed by atoms with Crippen molar-refractivity contribution in [2.45, 2.75) is 0 Å². The Hall–Kier alpha value is -4.04. The Balaban J connectivity index is 1.58. The lowest BCUT2D eigenvalue weighted by Crippen LogP contribution is -2.17. The van der Waals surface area contributed by atoms with Gasteiger partial charge in [-0.3, -0.25) is 15.1 Å². The second-order valence-corrected chi connectivity index (χ2v) is 5.99. The average molecular weight is 375 g/mol. The minimum Gasteiger partial charge on any atom is -0.296 e. The molecule has 27 heavy (non-hydrogen) atoms. The van der Waals surface area contributed by atoms with E-state index in [0.717, 1.165) is 0 Å². The number of anilines is 1. The molecule has 0 fully saturated rings. The monoisotopic (exact) mass is 375 g/mol. The van der Waals surface area contributed by atoms with Gasteiger partial charge < -0.3 is 0 Å². The number of pyridine rings is 1. The van der Waals surface area contributed by atoms with Crippen LogP contribution >= 0.6 is 11.3 Å². The molecule has 0 saturated carbocycles. The molecule has 4 rings (SSSR count). The van der Waals surface area contributed by atoms with Crippen molar-refractivity contribution in [2.75, 3.05) is 5.32 Å². The van der Waals surface area contributed by atoms with Crippen molar-refractivity contribution >= 4 is 22.4 Å². The maximum Gasteiger partial charge on any atom is 0.277 e. The van der Waals surface area contributed by atoms with E-state index in [2.05, 4.69) is 41.6 Å². The Morgan fingerprint density at radius 3 is 2.93 bits per heavy atom. The maximum atomic E-state index is 12.6. The zero-order valence-corrected chi connectivity index (χ0v) is 14.3. The number of nitriles is 1. The van der Waals surface area contributed by atoms with Gasteiger partial charge in [-0.2, -0.15) is 5.26 Å². The number of thiazole rings is 1. The molecule has 1 amide bonds. The van der Waals surface area contributed by atoms with E-state index < -0.39 is 5.91 Å². The fourth-order valence-electron chi connectivity index (χ4n) is 2.28. The van der Waals surface area contributed by atoms with Crippen molar-refractivity contribution in [3.63, 3.8) is 0 Å². The molecule has 4 heterocycles. The number of hydrogen-bond acceptors (Lipinski definition) is 9. The summed E-state index contributed by atoms with van der Waals surface area (Å²) in [5.41, 5.74) is 2.09. The molecule has 0 aliphatic carbocycles. The van der Waals surface area contributed by atoms with Crippen LogP contribution in [0.4, 0.5) is 5.13 Å². The fraction of sp³-hybridized carbons (Fsp3) is 0. The summed E-state index contributed by atoms with van der Waals surface area (Å²) in [4.78, 5) is 28.9. The fourth-order valence-corrected chi connectivity index (χ4v) is 2.97. The minimum atomic E-state index is -0.439. The van der Waals surface area contributed by atoms with E-state index in [1.807, 2.05) is 0 Å². The van der Waals surface area contributed by atoms with Gasteiger partial charge in [0.25, 0.3) is 5.91 Å². The van der Waals surface area contributed by atoms with Gasteiger partial charge in [0, 0.05) is 11.6 Å². The summed E-state index contributed by atoms with van der Waals surface area (Å²) in [6.45, 7) is 0. The van der Waals surface area contributed by atoms with Crippen molar-refractivity contribution < 1.29 is 4.79 Å². The summed E-state index contributed by atoms with van der Waals surface area (Å²) >= 11 is 1.22. The van der Waals surface area contributed by atoms with E-state index in [1.165, 1.54) is 40.9 Å². The Morgan fingerprint density at radius 1 is 1.26 bits per heavy atom. The smallest absolute Gasteiger partial charge is 0.277 e. The lowest BCUT2D eigenvalue weighted by atomic mass is 10.2. The molecule has 0 atom stereocenters. The molecular weight excluding hydrogens is 366 g/mol. The number of nitrogens with zero attached hydrogens (tertiary/aromatic N) is 8. The van der Waals surface area contributed by atoms with Gasteiger partial charge in [0.1, 0.15) is 29.5 Å². The second-order valence-electron chi connectivity index (χ2n) is 5.13. The first-order chi connectivity index (χ1) is 13.3. The number of amides is 1. The Bertz CT molecular complexity index is 1150.